The molecule has 0 aliphatic carbocycles. The SMILES string of the molecule is CCCCCCCCNCc1cn(C)c2ccccc12. The van der Waals surface area contributed by atoms with Crippen molar-refractivity contribution >= 4 is 10.9 Å². The minimum atomic E-state index is 0.982. The molecule has 0 saturated heterocycles. The number of aryl methyl sites for hydroxylation is 1. The van der Waals surface area contributed by atoms with Gasteiger partial charge in [-0.2, -0.15) is 0 Å². The third-order valence-electron chi connectivity index (χ3n) is 4.00. The van der Waals surface area contributed by atoms with Crippen LogP contribution in [0.1, 0.15) is 51.0 Å². The van der Waals surface area contributed by atoms with Gasteiger partial charge in [0.2, 0.25) is 0 Å². The Morgan fingerprint density at radius 3 is 2.60 bits per heavy atom. The first-order chi connectivity index (χ1) is 9.83. The molecule has 0 fully saturated rings. The quantitative estimate of drug-likeness (QED) is 0.659. The number of aromatic nitrogens is 1. The van der Waals surface area contributed by atoms with E-state index in [2.05, 4.69) is 54.3 Å². The summed E-state index contributed by atoms with van der Waals surface area (Å²) in [6, 6.07) is 8.64. The maximum atomic E-state index is 3.58. The van der Waals surface area contributed by atoms with Gasteiger partial charge in [-0.05, 0) is 24.6 Å². The van der Waals surface area contributed by atoms with Crippen molar-refractivity contribution in [2.24, 2.45) is 7.05 Å². The van der Waals surface area contributed by atoms with Gasteiger partial charge in [-0.1, -0.05) is 57.2 Å². The Labute approximate surface area is 123 Å². The summed E-state index contributed by atoms with van der Waals surface area (Å²) in [5.41, 5.74) is 2.73. The first-order valence-corrected chi connectivity index (χ1v) is 8.06. The highest BCUT2D eigenvalue weighted by molar-refractivity contribution is 5.83. The van der Waals surface area contributed by atoms with Crippen LogP contribution >= 0.6 is 0 Å². The van der Waals surface area contributed by atoms with Crippen LogP contribution in [0.5, 0.6) is 0 Å². The average Bonchev–Trinajstić information content (AvgIpc) is 2.79. The average molecular weight is 272 g/mol. The molecule has 0 aliphatic rings. The van der Waals surface area contributed by atoms with Crippen LogP contribution in [0.15, 0.2) is 30.5 Å². The minimum Gasteiger partial charge on any atom is -0.350 e. The van der Waals surface area contributed by atoms with Crippen LogP contribution in [0.25, 0.3) is 10.9 Å². The van der Waals surface area contributed by atoms with Crippen molar-refractivity contribution in [3.8, 4) is 0 Å². The maximum Gasteiger partial charge on any atom is 0.0481 e. The summed E-state index contributed by atoms with van der Waals surface area (Å²) in [5, 5.41) is 4.96. The van der Waals surface area contributed by atoms with Crippen LogP contribution in [-0.2, 0) is 13.6 Å². The Morgan fingerprint density at radius 1 is 1.00 bits per heavy atom. The van der Waals surface area contributed by atoms with E-state index in [4.69, 9.17) is 0 Å². The number of hydrogen-bond acceptors (Lipinski definition) is 1. The molecule has 0 spiro atoms. The molecule has 2 rings (SSSR count). The van der Waals surface area contributed by atoms with Gasteiger partial charge in [-0.3, -0.25) is 0 Å². The Kier molecular flexibility index (Phi) is 6.13. The molecule has 1 aromatic carbocycles. The molecule has 2 nitrogen and oxygen atoms in total. The van der Waals surface area contributed by atoms with Gasteiger partial charge in [-0.25, -0.2) is 0 Å². The lowest BCUT2D eigenvalue weighted by Gasteiger charge is -2.04. The van der Waals surface area contributed by atoms with Crippen molar-refractivity contribution in [3.05, 3.63) is 36.0 Å². The van der Waals surface area contributed by atoms with Gasteiger partial charge in [0.05, 0.1) is 0 Å². The summed E-state index contributed by atoms with van der Waals surface area (Å²) in [7, 11) is 2.12. The van der Waals surface area contributed by atoms with Crippen molar-refractivity contribution < 1.29 is 0 Å². The molecule has 20 heavy (non-hydrogen) atoms. The van der Waals surface area contributed by atoms with Gasteiger partial charge < -0.3 is 9.88 Å². The molecule has 0 bridgehead atoms. The second kappa shape index (κ2) is 8.11. The molecule has 0 unspecified atom stereocenters. The molecule has 0 amide bonds. The van der Waals surface area contributed by atoms with Gasteiger partial charge in [0.25, 0.3) is 0 Å². The molecular formula is C18H28N2. The molecule has 0 radical (unpaired) electrons. The molecule has 1 N–H and O–H groups in total. The second-order valence-electron chi connectivity index (χ2n) is 5.73. The number of hydrogen-bond donors (Lipinski definition) is 1. The van der Waals surface area contributed by atoms with Crippen LogP contribution in [0, 0.1) is 0 Å². The number of nitrogens with zero attached hydrogens (tertiary/aromatic N) is 1. The molecule has 110 valence electrons. The number of nitrogens with one attached hydrogen (secondary N) is 1. The molecule has 0 atom stereocenters. The van der Waals surface area contributed by atoms with Crippen LogP contribution in [0.4, 0.5) is 0 Å². The summed E-state index contributed by atoms with van der Waals surface area (Å²) in [4.78, 5) is 0. The van der Waals surface area contributed by atoms with E-state index < -0.39 is 0 Å². The van der Waals surface area contributed by atoms with Gasteiger partial charge in [0.1, 0.15) is 0 Å². The lowest BCUT2D eigenvalue weighted by molar-refractivity contribution is 0.572. The van der Waals surface area contributed by atoms with Crippen LogP contribution in [-0.4, -0.2) is 11.1 Å². The smallest absolute Gasteiger partial charge is 0.0481 e. The Hall–Kier alpha value is -1.28. The minimum absolute atomic E-state index is 0.982. The van der Waals surface area contributed by atoms with Crippen molar-refractivity contribution in [3.63, 3.8) is 0 Å². The zero-order valence-electron chi connectivity index (χ0n) is 13.0. The van der Waals surface area contributed by atoms with Crippen LogP contribution < -0.4 is 5.32 Å². The fourth-order valence-electron chi connectivity index (χ4n) is 2.82. The first-order valence-electron chi connectivity index (χ1n) is 8.06. The van der Waals surface area contributed by atoms with Crippen molar-refractivity contribution in [1.82, 2.24) is 9.88 Å². The molecule has 2 aromatic rings. The third-order valence-corrected chi connectivity index (χ3v) is 4.00. The third kappa shape index (κ3) is 4.11. The number of benzene rings is 1. The Bertz CT molecular complexity index is 513. The monoisotopic (exact) mass is 272 g/mol. The number of unbranched alkanes of at least 4 members (excludes halogenated alkanes) is 5. The van der Waals surface area contributed by atoms with Crippen molar-refractivity contribution in [2.75, 3.05) is 6.54 Å². The predicted molar refractivity (Wildman–Crippen MR) is 88.0 cm³/mol. The molecule has 0 aliphatic heterocycles. The topological polar surface area (TPSA) is 17.0 Å². The van der Waals surface area contributed by atoms with E-state index in [-0.39, 0.29) is 0 Å². The van der Waals surface area contributed by atoms with E-state index >= 15 is 0 Å². The second-order valence-corrected chi connectivity index (χ2v) is 5.73. The first kappa shape index (κ1) is 15.1. The summed E-state index contributed by atoms with van der Waals surface area (Å²) in [6.07, 6.45) is 10.4. The van der Waals surface area contributed by atoms with Crippen LogP contribution in [0.2, 0.25) is 0 Å². The van der Waals surface area contributed by atoms with E-state index in [9.17, 15) is 0 Å². The summed E-state index contributed by atoms with van der Waals surface area (Å²) >= 11 is 0. The molecule has 1 aromatic heterocycles. The Balaban J connectivity index is 1.71. The maximum absolute atomic E-state index is 3.58. The normalized spacial score (nSPS) is 11.3. The van der Waals surface area contributed by atoms with E-state index in [1.54, 1.807) is 0 Å². The highest BCUT2D eigenvalue weighted by Gasteiger charge is 2.04. The zero-order valence-corrected chi connectivity index (χ0v) is 13.0. The molecule has 0 saturated carbocycles. The van der Waals surface area contributed by atoms with Crippen molar-refractivity contribution in [2.45, 2.75) is 52.0 Å². The fraction of sp³-hybridized carbons (Fsp3) is 0.556. The Morgan fingerprint density at radius 2 is 1.75 bits per heavy atom. The fourth-order valence-corrected chi connectivity index (χ4v) is 2.82. The summed E-state index contributed by atoms with van der Waals surface area (Å²) < 4.78 is 2.22. The van der Waals surface area contributed by atoms with Gasteiger partial charge in [-0.15, -0.1) is 0 Å². The summed E-state index contributed by atoms with van der Waals surface area (Å²) in [6.45, 7) is 4.39. The number of fused-ring (bicyclic) bond motifs is 1. The van der Waals surface area contributed by atoms with Gasteiger partial charge in [0, 0.05) is 30.7 Å². The number of rotatable bonds is 9. The van der Waals surface area contributed by atoms with Crippen molar-refractivity contribution in [1.29, 1.82) is 0 Å². The van der Waals surface area contributed by atoms with Crippen LogP contribution in [0.3, 0.4) is 0 Å². The lowest BCUT2D eigenvalue weighted by atomic mass is 10.1. The van der Waals surface area contributed by atoms with E-state index in [0.29, 0.717) is 0 Å². The molecule has 2 heteroatoms. The lowest BCUT2D eigenvalue weighted by Crippen LogP contribution is -2.14. The number of para-hydroxylation sites is 1. The van der Waals surface area contributed by atoms with E-state index in [1.165, 1.54) is 55.0 Å². The van der Waals surface area contributed by atoms with E-state index in [0.717, 1.165) is 13.1 Å². The molecule has 1 heterocycles. The zero-order chi connectivity index (χ0) is 14.2. The van der Waals surface area contributed by atoms with Gasteiger partial charge in [0.15, 0.2) is 0 Å². The predicted octanol–water partition coefficient (Wildman–Crippen LogP) is 4.63. The summed E-state index contributed by atoms with van der Waals surface area (Å²) in [5.74, 6) is 0. The van der Waals surface area contributed by atoms with Gasteiger partial charge >= 0.3 is 0 Å². The standard InChI is InChI=1S/C18H28N2/c1-3-4-5-6-7-10-13-19-14-16-15-20(2)18-12-9-8-11-17(16)18/h8-9,11-12,15,19H,3-7,10,13-14H2,1-2H3. The largest absolute Gasteiger partial charge is 0.350 e. The van der Waals surface area contributed by atoms with E-state index in [1.807, 2.05) is 0 Å². The highest BCUT2D eigenvalue weighted by atomic mass is 14.9. The molecular weight excluding hydrogens is 244 g/mol. The highest BCUT2D eigenvalue weighted by Crippen LogP contribution is 2.19.